The van der Waals surface area contributed by atoms with Crippen LogP contribution in [0.2, 0.25) is 0 Å². The highest BCUT2D eigenvalue weighted by Gasteiger charge is 1.91. The Labute approximate surface area is 58.9 Å². The van der Waals surface area contributed by atoms with Crippen molar-refractivity contribution in [2.24, 2.45) is 5.73 Å². The van der Waals surface area contributed by atoms with Gasteiger partial charge in [-0.05, 0) is 26.0 Å². The fourth-order valence-corrected chi connectivity index (χ4v) is 0.698. The molecule has 0 unspecified atom stereocenters. The van der Waals surface area contributed by atoms with Gasteiger partial charge in [0.1, 0.15) is 0 Å². The number of rotatable bonds is 3. The van der Waals surface area contributed by atoms with E-state index in [1.807, 2.05) is 19.0 Å². The molecule has 0 radical (unpaired) electrons. The first-order chi connectivity index (χ1) is 4.13. The number of primary amides is 1. The largest absolute Gasteiger partial charge is 0.351 e. The monoisotopic (exact) mass is 149 g/mol. The molecule has 2 amide bonds. The number of nitrogens with two attached hydrogens (primary N) is 1. The lowest BCUT2D eigenvalue weighted by Crippen LogP contribution is -2.25. The zero-order valence-electron chi connectivity index (χ0n) is 5.55. The maximum atomic E-state index is 10.1. The van der Waals surface area contributed by atoms with Crippen LogP contribution in [0.25, 0.3) is 0 Å². The minimum absolute atomic E-state index is 0.498. The Bertz CT molecular complexity index is 95.8. The molecule has 0 aromatic heterocycles. The molecule has 0 aliphatic rings. The minimum atomic E-state index is -0.498. The lowest BCUT2D eigenvalue weighted by Gasteiger charge is -2.07. The number of carbonyl (C=O) groups is 1. The summed E-state index contributed by atoms with van der Waals surface area (Å²) in [6.45, 7) is 0. The van der Waals surface area contributed by atoms with Gasteiger partial charge in [0, 0.05) is 0 Å². The van der Waals surface area contributed by atoms with Gasteiger partial charge in [0.15, 0.2) is 0 Å². The van der Waals surface area contributed by atoms with Crippen LogP contribution in [-0.2, 0) is 0 Å². The van der Waals surface area contributed by atoms with Crippen LogP contribution in [0.4, 0.5) is 4.79 Å². The number of nitrogens with zero attached hydrogens (tertiary/aromatic N) is 1. The number of hydrogen-bond donors (Lipinski definition) is 2. The summed E-state index contributed by atoms with van der Waals surface area (Å²) in [5.41, 5.74) is 4.79. The lowest BCUT2D eigenvalue weighted by molar-refractivity contribution is 0.254. The smallest absolute Gasteiger partial charge is 0.322 e. The maximum Gasteiger partial charge on any atom is 0.322 e. The van der Waals surface area contributed by atoms with E-state index in [0.717, 1.165) is 5.88 Å². The van der Waals surface area contributed by atoms with E-state index in [2.05, 4.69) is 4.72 Å². The summed E-state index contributed by atoms with van der Waals surface area (Å²) in [4.78, 5) is 12.0. The van der Waals surface area contributed by atoms with Crippen molar-refractivity contribution in [3.8, 4) is 0 Å². The zero-order chi connectivity index (χ0) is 7.28. The van der Waals surface area contributed by atoms with Gasteiger partial charge in [-0.25, -0.2) is 4.79 Å². The molecule has 0 fully saturated rings. The van der Waals surface area contributed by atoms with Crippen LogP contribution in [0.5, 0.6) is 0 Å². The van der Waals surface area contributed by atoms with Crippen molar-refractivity contribution in [3.05, 3.63) is 0 Å². The Morgan fingerprint density at radius 2 is 2.33 bits per heavy atom. The van der Waals surface area contributed by atoms with Crippen molar-refractivity contribution in [2.75, 3.05) is 20.0 Å². The topological polar surface area (TPSA) is 58.4 Å². The van der Waals surface area contributed by atoms with E-state index in [4.69, 9.17) is 5.73 Å². The molecule has 0 aromatic carbocycles. The molecule has 0 saturated carbocycles. The Kier molecular flexibility index (Phi) is 4.25. The summed E-state index contributed by atoms with van der Waals surface area (Å²) in [5.74, 6) is 0.739. The molecule has 0 aromatic rings. The average Bonchev–Trinajstić information content (AvgIpc) is 1.63. The van der Waals surface area contributed by atoms with Crippen LogP contribution in [-0.4, -0.2) is 30.9 Å². The number of urea groups is 1. The van der Waals surface area contributed by atoms with E-state index in [0.29, 0.717) is 0 Å². The van der Waals surface area contributed by atoms with Gasteiger partial charge in [-0.1, -0.05) is 0 Å². The number of carbonyl (C=O) groups excluding carboxylic acids is 1. The van der Waals surface area contributed by atoms with E-state index in [-0.39, 0.29) is 0 Å². The van der Waals surface area contributed by atoms with Crippen LogP contribution in [0, 0.1) is 0 Å². The summed E-state index contributed by atoms with van der Waals surface area (Å²) >= 11 is 1.27. The molecule has 0 heterocycles. The Morgan fingerprint density at radius 3 is 2.67 bits per heavy atom. The van der Waals surface area contributed by atoms with Gasteiger partial charge in [0.05, 0.1) is 5.88 Å². The molecule has 5 heteroatoms. The number of amides is 2. The van der Waals surface area contributed by atoms with Crippen molar-refractivity contribution in [1.82, 2.24) is 9.62 Å². The highest BCUT2D eigenvalue weighted by Crippen LogP contribution is 1.91. The van der Waals surface area contributed by atoms with Gasteiger partial charge in [0.2, 0.25) is 0 Å². The molecule has 4 nitrogen and oxygen atoms in total. The summed E-state index contributed by atoms with van der Waals surface area (Å²) in [6.07, 6.45) is 0. The molecule has 0 atom stereocenters. The Hall–Kier alpha value is -0.420. The van der Waals surface area contributed by atoms with Crippen LogP contribution in [0.15, 0.2) is 0 Å². The normalized spacial score (nSPS) is 9.67. The lowest BCUT2D eigenvalue weighted by atomic mass is 11.0. The van der Waals surface area contributed by atoms with Crippen molar-refractivity contribution in [2.45, 2.75) is 0 Å². The predicted octanol–water partition coefficient (Wildman–Crippen LogP) is -0.178. The number of hydrogen-bond acceptors (Lipinski definition) is 3. The van der Waals surface area contributed by atoms with E-state index in [1.165, 1.54) is 11.9 Å². The standard InChI is InChI=1S/C4H11N3OS/c1-7(2)3-9-6-4(5)8/h3H2,1-2H3,(H3,5,6,8). The first-order valence-electron chi connectivity index (χ1n) is 2.45. The molecule has 0 saturated heterocycles. The van der Waals surface area contributed by atoms with Crippen molar-refractivity contribution >= 4 is 18.0 Å². The second-order valence-corrected chi connectivity index (χ2v) is 2.57. The maximum absolute atomic E-state index is 10.1. The molecule has 0 rings (SSSR count). The molecule has 0 aliphatic heterocycles. The minimum Gasteiger partial charge on any atom is -0.351 e. The van der Waals surface area contributed by atoms with E-state index >= 15 is 0 Å². The quantitative estimate of drug-likeness (QED) is 0.432. The van der Waals surface area contributed by atoms with Crippen LogP contribution in [0.3, 0.4) is 0 Å². The highest BCUT2D eigenvalue weighted by atomic mass is 32.2. The van der Waals surface area contributed by atoms with Gasteiger partial charge < -0.3 is 5.73 Å². The SMILES string of the molecule is CN(C)CSNC(N)=O. The van der Waals surface area contributed by atoms with Crippen LogP contribution >= 0.6 is 11.9 Å². The number of nitrogens with one attached hydrogen (secondary N) is 1. The summed E-state index contributed by atoms with van der Waals surface area (Å²) in [5, 5.41) is 0. The van der Waals surface area contributed by atoms with E-state index in [1.54, 1.807) is 0 Å². The molecular formula is C4H11N3OS. The van der Waals surface area contributed by atoms with Crippen molar-refractivity contribution < 1.29 is 4.79 Å². The third-order valence-corrected chi connectivity index (χ3v) is 1.49. The molecule has 3 N–H and O–H groups in total. The van der Waals surface area contributed by atoms with Gasteiger partial charge in [-0.3, -0.25) is 9.62 Å². The molecule has 9 heavy (non-hydrogen) atoms. The fraction of sp³-hybridized carbons (Fsp3) is 0.750. The predicted molar refractivity (Wildman–Crippen MR) is 38.9 cm³/mol. The Morgan fingerprint density at radius 1 is 1.78 bits per heavy atom. The molecule has 0 spiro atoms. The second kappa shape index (κ2) is 4.46. The van der Waals surface area contributed by atoms with Crippen LogP contribution in [0.1, 0.15) is 0 Å². The summed E-state index contributed by atoms with van der Waals surface area (Å²) < 4.78 is 2.39. The van der Waals surface area contributed by atoms with Crippen molar-refractivity contribution in [3.63, 3.8) is 0 Å². The second-order valence-electron chi connectivity index (χ2n) is 1.82. The molecule has 0 aliphatic carbocycles. The van der Waals surface area contributed by atoms with E-state index in [9.17, 15) is 4.79 Å². The van der Waals surface area contributed by atoms with Crippen LogP contribution < -0.4 is 10.5 Å². The summed E-state index contributed by atoms with van der Waals surface area (Å²) in [7, 11) is 3.82. The summed E-state index contributed by atoms with van der Waals surface area (Å²) in [6, 6.07) is -0.498. The third-order valence-electron chi connectivity index (χ3n) is 0.496. The van der Waals surface area contributed by atoms with Gasteiger partial charge in [0.25, 0.3) is 0 Å². The van der Waals surface area contributed by atoms with E-state index < -0.39 is 6.03 Å². The fourth-order valence-electron chi connectivity index (χ4n) is 0.233. The van der Waals surface area contributed by atoms with Gasteiger partial charge in [-0.15, -0.1) is 0 Å². The zero-order valence-corrected chi connectivity index (χ0v) is 6.36. The molecule has 54 valence electrons. The highest BCUT2D eigenvalue weighted by molar-refractivity contribution is 7.97. The van der Waals surface area contributed by atoms with Crippen molar-refractivity contribution in [1.29, 1.82) is 0 Å². The van der Waals surface area contributed by atoms with Gasteiger partial charge >= 0.3 is 6.03 Å². The molecular weight excluding hydrogens is 138 g/mol. The molecule has 0 bridgehead atoms. The first kappa shape index (κ1) is 8.58. The Balaban J connectivity index is 3.01. The average molecular weight is 149 g/mol. The van der Waals surface area contributed by atoms with Gasteiger partial charge in [-0.2, -0.15) is 0 Å². The first-order valence-corrected chi connectivity index (χ1v) is 3.43. The third kappa shape index (κ3) is 7.58.